The molecule has 6 heteroatoms. The largest absolute Gasteiger partial charge is 0.310 e. The lowest BCUT2D eigenvalue weighted by Gasteiger charge is -2.16. The molecule has 3 rings (SSSR count). The van der Waals surface area contributed by atoms with Crippen molar-refractivity contribution in [3.8, 4) is 5.82 Å². The minimum Gasteiger partial charge on any atom is -0.310 e. The number of amides is 1. The molecule has 0 fully saturated rings. The highest BCUT2D eigenvalue weighted by Gasteiger charge is 2.19. The topological polar surface area (TPSA) is 72.7 Å². The molecule has 0 saturated carbocycles. The van der Waals surface area contributed by atoms with Crippen LogP contribution in [0.15, 0.2) is 43.0 Å². The third kappa shape index (κ3) is 2.74. The number of nitrogens with zero attached hydrogens (tertiary/aromatic N) is 4. The first-order chi connectivity index (χ1) is 9.83. The third-order valence-corrected chi connectivity index (χ3v) is 3.28. The first kappa shape index (κ1) is 12.5. The van der Waals surface area contributed by atoms with Crippen LogP contribution in [0.3, 0.4) is 0 Å². The van der Waals surface area contributed by atoms with Crippen molar-refractivity contribution in [2.75, 3.05) is 5.32 Å². The van der Waals surface area contributed by atoms with Crippen LogP contribution in [0.2, 0.25) is 0 Å². The van der Waals surface area contributed by atoms with Gasteiger partial charge < -0.3 is 5.32 Å². The van der Waals surface area contributed by atoms with Crippen molar-refractivity contribution in [2.45, 2.75) is 19.3 Å². The van der Waals surface area contributed by atoms with E-state index in [-0.39, 0.29) is 11.8 Å². The van der Waals surface area contributed by atoms with Gasteiger partial charge in [-0.25, -0.2) is 14.6 Å². The summed E-state index contributed by atoms with van der Waals surface area (Å²) in [5.41, 5.74) is 0. The lowest BCUT2D eigenvalue weighted by atomic mass is 9.94. The van der Waals surface area contributed by atoms with Crippen LogP contribution in [0.4, 0.5) is 5.82 Å². The zero-order valence-electron chi connectivity index (χ0n) is 10.9. The predicted molar refractivity (Wildman–Crippen MR) is 74.3 cm³/mol. The molecule has 1 N–H and O–H groups in total. The molecule has 0 saturated heterocycles. The monoisotopic (exact) mass is 269 g/mol. The summed E-state index contributed by atoms with van der Waals surface area (Å²) >= 11 is 0. The molecule has 20 heavy (non-hydrogen) atoms. The average Bonchev–Trinajstić information content (AvgIpc) is 3.03. The molecule has 2 aromatic heterocycles. The Labute approximate surface area is 116 Å². The minimum absolute atomic E-state index is 0.0134. The fourth-order valence-electron chi connectivity index (χ4n) is 2.21. The summed E-state index contributed by atoms with van der Waals surface area (Å²) in [6.07, 6.45) is 11.7. The van der Waals surface area contributed by atoms with Crippen LogP contribution < -0.4 is 5.32 Å². The van der Waals surface area contributed by atoms with Crippen LogP contribution in [0.1, 0.15) is 19.3 Å². The smallest absolute Gasteiger partial charge is 0.228 e. The molecule has 0 radical (unpaired) electrons. The van der Waals surface area contributed by atoms with Crippen LogP contribution in [0.25, 0.3) is 5.82 Å². The third-order valence-electron chi connectivity index (χ3n) is 3.28. The van der Waals surface area contributed by atoms with Crippen LogP contribution >= 0.6 is 0 Å². The molecule has 6 nitrogen and oxygen atoms in total. The van der Waals surface area contributed by atoms with Gasteiger partial charge in [-0.2, -0.15) is 5.10 Å². The Morgan fingerprint density at radius 3 is 3.05 bits per heavy atom. The van der Waals surface area contributed by atoms with Gasteiger partial charge in [0.1, 0.15) is 12.1 Å². The lowest BCUT2D eigenvalue weighted by molar-refractivity contribution is -0.120. The first-order valence-electron chi connectivity index (χ1n) is 6.61. The molecular weight excluding hydrogens is 254 g/mol. The number of nitrogens with one attached hydrogen (secondary N) is 1. The second kappa shape index (κ2) is 5.64. The zero-order chi connectivity index (χ0) is 13.8. The van der Waals surface area contributed by atoms with Crippen LogP contribution in [-0.2, 0) is 4.79 Å². The maximum Gasteiger partial charge on any atom is 0.228 e. The molecular formula is C14H15N5O. The van der Waals surface area contributed by atoms with Crippen LogP contribution in [-0.4, -0.2) is 25.7 Å². The van der Waals surface area contributed by atoms with Gasteiger partial charge >= 0.3 is 0 Å². The van der Waals surface area contributed by atoms with Gasteiger partial charge in [0.25, 0.3) is 0 Å². The summed E-state index contributed by atoms with van der Waals surface area (Å²) in [6.45, 7) is 0. The van der Waals surface area contributed by atoms with Gasteiger partial charge in [-0.3, -0.25) is 4.79 Å². The minimum atomic E-state index is 0.0134. The normalized spacial score (nSPS) is 17.9. The number of carbonyl (C=O) groups is 1. The van der Waals surface area contributed by atoms with Gasteiger partial charge in [-0.05, 0) is 25.3 Å². The fraction of sp³-hybridized carbons (Fsp3) is 0.286. The van der Waals surface area contributed by atoms with E-state index in [1.165, 1.54) is 6.33 Å². The van der Waals surface area contributed by atoms with Crippen molar-refractivity contribution in [1.82, 2.24) is 19.7 Å². The Kier molecular flexibility index (Phi) is 3.54. The molecule has 0 spiro atoms. The van der Waals surface area contributed by atoms with Gasteiger partial charge in [0.05, 0.1) is 0 Å². The number of hydrogen-bond acceptors (Lipinski definition) is 4. The molecule has 0 aromatic carbocycles. The highest BCUT2D eigenvalue weighted by Crippen LogP contribution is 2.20. The molecule has 1 aliphatic carbocycles. The maximum absolute atomic E-state index is 12.1. The second-order valence-electron chi connectivity index (χ2n) is 4.68. The highest BCUT2D eigenvalue weighted by molar-refractivity contribution is 5.92. The van der Waals surface area contributed by atoms with Crippen molar-refractivity contribution >= 4 is 11.7 Å². The van der Waals surface area contributed by atoms with E-state index in [1.54, 1.807) is 23.1 Å². The molecule has 0 aliphatic heterocycles. The summed E-state index contributed by atoms with van der Waals surface area (Å²) < 4.78 is 1.63. The van der Waals surface area contributed by atoms with E-state index in [2.05, 4.69) is 32.5 Å². The van der Waals surface area contributed by atoms with Gasteiger partial charge in [-0.1, -0.05) is 12.2 Å². The Morgan fingerprint density at radius 2 is 2.30 bits per heavy atom. The van der Waals surface area contributed by atoms with E-state index < -0.39 is 0 Å². The Balaban J connectivity index is 1.73. The maximum atomic E-state index is 12.1. The summed E-state index contributed by atoms with van der Waals surface area (Å²) in [5.74, 6) is 1.18. The van der Waals surface area contributed by atoms with E-state index in [0.717, 1.165) is 19.3 Å². The van der Waals surface area contributed by atoms with E-state index in [9.17, 15) is 4.79 Å². The van der Waals surface area contributed by atoms with Crippen LogP contribution in [0, 0.1) is 5.92 Å². The zero-order valence-corrected chi connectivity index (χ0v) is 10.9. The molecule has 1 aliphatic rings. The standard InChI is InChI=1S/C14H15N5O/c20-14(11-5-2-1-3-6-11)18-12-9-13(16-10-15-12)19-8-4-7-17-19/h1-2,4,7-11H,3,5-6H2,(H,15,16,18,20)/t11-/m0/s1. The van der Waals surface area contributed by atoms with Crippen molar-refractivity contribution < 1.29 is 4.79 Å². The Hall–Kier alpha value is -2.50. The molecule has 1 atom stereocenters. The average molecular weight is 269 g/mol. The summed E-state index contributed by atoms with van der Waals surface area (Å²) in [5, 5.41) is 6.95. The number of rotatable bonds is 3. The molecule has 2 heterocycles. The number of hydrogen-bond donors (Lipinski definition) is 1. The van der Waals surface area contributed by atoms with Crippen molar-refractivity contribution in [3.63, 3.8) is 0 Å². The van der Waals surface area contributed by atoms with E-state index in [4.69, 9.17) is 0 Å². The SMILES string of the molecule is O=C(Nc1cc(-n2cccn2)ncn1)[C@H]1CC=CCC1. The lowest BCUT2D eigenvalue weighted by Crippen LogP contribution is -2.24. The van der Waals surface area contributed by atoms with Crippen molar-refractivity contribution in [3.05, 3.63) is 43.0 Å². The molecule has 102 valence electrons. The van der Waals surface area contributed by atoms with Gasteiger partial charge in [0.15, 0.2) is 5.82 Å². The number of allylic oxidation sites excluding steroid dienone is 2. The molecule has 0 unspecified atom stereocenters. The predicted octanol–water partition coefficient (Wildman–Crippen LogP) is 1.96. The van der Waals surface area contributed by atoms with Gasteiger partial charge in [-0.15, -0.1) is 0 Å². The van der Waals surface area contributed by atoms with Gasteiger partial charge in [0, 0.05) is 24.4 Å². The molecule has 2 aromatic rings. The number of aromatic nitrogens is 4. The Morgan fingerprint density at radius 1 is 1.35 bits per heavy atom. The van der Waals surface area contributed by atoms with E-state index in [1.807, 2.05) is 6.07 Å². The summed E-state index contributed by atoms with van der Waals surface area (Å²) in [6, 6.07) is 3.53. The summed E-state index contributed by atoms with van der Waals surface area (Å²) in [7, 11) is 0. The quantitative estimate of drug-likeness (QED) is 0.864. The van der Waals surface area contributed by atoms with E-state index >= 15 is 0 Å². The van der Waals surface area contributed by atoms with Crippen LogP contribution in [0.5, 0.6) is 0 Å². The Bertz CT molecular complexity index is 620. The highest BCUT2D eigenvalue weighted by atomic mass is 16.1. The first-order valence-corrected chi connectivity index (χ1v) is 6.61. The fourth-order valence-corrected chi connectivity index (χ4v) is 2.21. The van der Waals surface area contributed by atoms with E-state index in [0.29, 0.717) is 11.6 Å². The molecule has 0 bridgehead atoms. The molecule has 1 amide bonds. The number of carbonyl (C=O) groups excluding carboxylic acids is 1. The second-order valence-corrected chi connectivity index (χ2v) is 4.68. The summed E-state index contributed by atoms with van der Waals surface area (Å²) in [4.78, 5) is 20.3. The van der Waals surface area contributed by atoms with Gasteiger partial charge in [0.2, 0.25) is 5.91 Å². The van der Waals surface area contributed by atoms with Crippen molar-refractivity contribution in [2.24, 2.45) is 5.92 Å². The number of anilines is 1. The van der Waals surface area contributed by atoms with Crippen molar-refractivity contribution in [1.29, 1.82) is 0 Å².